The lowest BCUT2D eigenvalue weighted by atomic mass is 10.2. The highest BCUT2D eigenvalue weighted by atomic mass is 35.5. The van der Waals surface area contributed by atoms with E-state index in [0.717, 1.165) is 5.56 Å². The van der Waals surface area contributed by atoms with E-state index in [-0.39, 0.29) is 5.97 Å². The Labute approximate surface area is 100 Å². The van der Waals surface area contributed by atoms with E-state index in [2.05, 4.69) is 4.99 Å². The maximum absolute atomic E-state index is 11.3. The number of nitrogens with zero attached hydrogens (tertiary/aromatic N) is 1. The zero-order valence-corrected chi connectivity index (χ0v) is 10.1. The second kappa shape index (κ2) is 6.28. The van der Waals surface area contributed by atoms with Crippen molar-refractivity contribution in [3.8, 4) is 0 Å². The molecule has 1 aromatic rings. The Morgan fingerprint density at radius 2 is 2.12 bits per heavy atom. The molecule has 16 heavy (non-hydrogen) atoms. The highest BCUT2D eigenvalue weighted by molar-refractivity contribution is 6.30. The molecule has 0 saturated heterocycles. The Morgan fingerprint density at radius 3 is 2.69 bits per heavy atom. The molecule has 0 amide bonds. The van der Waals surface area contributed by atoms with Gasteiger partial charge in [0, 0.05) is 11.2 Å². The Bertz CT molecular complexity index is 373. The van der Waals surface area contributed by atoms with Crippen LogP contribution in [-0.2, 0) is 9.53 Å². The van der Waals surface area contributed by atoms with Gasteiger partial charge in [-0.3, -0.25) is 4.99 Å². The molecule has 1 rings (SSSR count). The molecular formula is C12H14ClNO2. The number of aliphatic imine (C=N–C) groups is 1. The minimum Gasteiger partial charge on any atom is -0.464 e. The molecule has 0 radical (unpaired) electrons. The summed E-state index contributed by atoms with van der Waals surface area (Å²) in [6.45, 7) is 3.84. The summed E-state index contributed by atoms with van der Waals surface area (Å²) in [4.78, 5) is 15.4. The van der Waals surface area contributed by atoms with E-state index in [9.17, 15) is 4.79 Å². The van der Waals surface area contributed by atoms with Crippen molar-refractivity contribution in [2.24, 2.45) is 4.99 Å². The largest absolute Gasteiger partial charge is 0.464 e. The number of esters is 1. The molecular weight excluding hydrogens is 226 g/mol. The first kappa shape index (κ1) is 12.7. The minimum absolute atomic E-state index is 0.312. The number of halogens is 1. The predicted octanol–water partition coefficient (Wildman–Crippen LogP) is 2.71. The number of ether oxygens (including phenoxy) is 1. The van der Waals surface area contributed by atoms with Crippen LogP contribution in [0.5, 0.6) is 0 Å². The Kier molecular flexibility index (Phi) is 4.99. The number of benzene rings is 1. The molecule has 1 aromatic carbocycles. The summed E-state index contributed by atoms with van der Waals surface area (Å²) in [6, 6.07) is 6.75. The van der Waals surface area contributed by atoms with Gasteiger partial charge in [0.05, 0.1) is 6.61 Å². The molecule has 0 aliphatic heterocycles. The fourth-order valence-electron chi connectivity index (χ4n) is 1.07. The molecule has 0 heterocycles. The van der Waals surface area contributed by atoms with Crippen LogP contribution in [0.2, 0.25) is 5.02 Å². The third-order valence-electron chi connectivity index (χ3n) is 1.94. The maximum Gasteiger partial charge on any atom is 0.330 e. The van der Waals surface area contributed by atoms with Crippen molar-refractivity contribution in [3.63, 3.8) is 0 Å². The van der Waals surface area contributed by atoms with E-state index in [4.69, 9.17) is 16.3 Å². The summed E-state index contributed by atoms with van der Waals surface area (Å²) >= 11 is 5.75. The van der Waals surface area contributed by atoms with Gasteiger partial charge in [-0.05, 0) is 31.5 Å². The Hall–Kier alpha value is -1.35. The third-order valence-corrected chi connectivity index (χ3v) is 2.20. The second-order valence-electron chi connectivity index (χ2n) is 3.26. The number of carbonyl (C=O) groups is 1. The highest BCUT2D eigenvalue weighted by Gasteiger charge is 2.10. The van der Waals surface area contributed by atoms with Crippen molar-refractivity contribution in [1.29, 1.82) is 0 Å². The molecule has 0 unspecified atom stereocenters. The summed E-state index contributed by atoms with van der Waals surface area (Å²) < 4.78 is 4.84. The van der Waals surface area contributed by atoms with Crippen LogP contribution < -0.4 is 0 Å². The van der Waals surface area contributed by atoms with Gasteiger partial charge in [0.25, 0.3) is 0 Å². The first-order valence-corrected chi connectivity index (χ1v) is 5.46. The third kappa shape index (κ3) is 4.03. The summed E-state index contributed by atoms with van der Waals surface area (Å²) in [5.41, 5.74) is 0.903. The van der Waals surface area contributed by atoms with Crippen molar-refractivity contribution >= 4 is 23.8 Å². The summed E-state index contributed by atoms with van der Waals surface area (Å²) in [5, 5.41) is 0.676. The van der Waals surface area contributed by atoms with Crippen LogP contribution in [0, 0.1) is 0 Å². The molecule has 0 aromatic heterocycles. The average molecular weight is 240 g/mol. The molecule has 1 atom stereocenters. The first-order chi connectivity index (χ1) is 7.63. The van der Waals surface area contributed by atoms with Crippen LogP contribution in [0.25, 0.3) is 0 Å². The van der Waals surface area contributed by atoms with E-state index in [1.807, 2.05) is 12.1 Å². The topological polar surface area (TPSA) is 38.7 Å². The first-order valence-electron chi connectivity index (χ1n) is 5.09. The average Bonchev–Trinajstić information content (AvgIpc) is 2.28. The van der Waals surface area contributed by atoms with Crippen molar-refractivity contribution in [3.05, 3.63) is 34.9 Å². The van der Waals surface area contributed by atoms with Gasteiger partial charge in [-0.15, -0.1) is 0 Å². The van der Waals surface area contributed by atoms with Gasteiger partial charge in [-0.25, -0.2) is 4.79 Å². The van der Waals surface area contributed by atoms with E-state index in [1.165, 1.54) is 0 Å². The normalized spacial score (nSPS) is 12.7. The van der Waals surface area contributed by atoms with Gasteiger partial charge in [-0.2, -0.15) is 0 Å². The molecule has 0 saturated carbocycles. The number of carbonyl (C=O) groups excluding carboxylic acids is 1. The molecule has 0 fully saturated rings. The molecule has 0 spiro atoms. The Balaban J connectivity index is 2.59. The van der Waals surface area contributed by atoms with Crippen LogP contribution >= 0.6 is 11.6 Å². The van der Waals surface area contributed by atoms with Crippen LogP contribution in [0.3, 0.4) is 0 Å². The molecule has 0 aliphatic rings. The zero-order chi connectivity index (χ0) is 12.0. The van der Waals surface area contributed by atoms with Crippen LogP contribution in [0.15, 0.2) is 29.3 Å². The van der Waals surface area contributed by atoms with Gasteiger partial charge >= 0.3 is 5.97 Å². The molecule has 0 N–H and O–H groups in total. The maximum atomic E-state index is 11.3. The second-order valence-corrected chi connectivity index (χ2v) is 3.69. The highest BCUT2D eigenvalue weighted by Crippen LogP contribution is 2.08. The SMILES string of the molecule is CCOC(=O)[C@H](C)N=Cc1ccc(Cl)cc1. The quantitative estimate of drug-likeness (QED) is 0.599. The summed E-state index contributed by atoms with van der Waals surface area (Å²) in [6.07, 6.45) is 1.64. The monoisotopic (exact) mass is 239 g/mol. The molecule has 4 heteroatoms. The van der Waals surface area contributed by atoms with Gasteiger partial charge in [0.15, 0.2) is 0 Å². The van der Waals surface area contributed by atoms with Crippen LogP contribution in [0.4, 0.5) is 0 Å². The van der Waals surface area contributed by atoms with E-state index >= 15 is 0 Å². The Morgan fingerprint density at radius 1 is 1.50 bits per heavy atom. The van der Waals surface area contributed by atoms with Crippen LogP contribution in [-0.4, -0.2) is 24.8 Å². The number of hydrogen-bond acceptors (Lipinski definition) is 3. The fraction of sp³-hybridized carbons (Fsp3) is 0.333. The van der Waals surface area contributed by atoms with Crippen LogP contribution in [0.1, 0.15) is 19.4 Å². The van der Waals surface area contributed by atoms with Crippen molar-refractivity contribution in [2.45, 2.75) is 19.9 Å². The minimum atomic E-state index is -0.476. The smallest absolute Gasteiger partial charge is 0.330 e. The summed E-state index contributed by atoms with van der Waals surface area (Å²) in [5.74, 6) is -0.312. The lowest BCUT2D eigenvalue weighted by Crippen LogP contribution is -2.18. The fourth-order valence-corrected chi connectivity index (χ4v) is 1.20. The van der Waals surface area contributed by atoms with E-state index < -0.39 is 6.04 Å². The molecule has 3 nitrogen and oxygen atoms in total. The molecule has 0 bridgehead atoms. The van der Waals surface area contributed by atoms with Crippen molar-refractivity contribution in [1.82, 2.24) is 0 Å². The number of rotatable bonds is 4. The van der Waals surface area contributed by atoms with Gasteiger partial charge in [0.1, 0.15) is 6.04 Å². The predicted molar refractivity (Wildman–Crippen MR) is 65.1 cm³/mol. The zero-order valence-electron chi connectivity index (χ0n) is 9.31. The van der Waals surface area contributed by atoms with E-state index in [1.54, 1.807) is 32.2 Å². The number of hydrogen-bond donors (Lipinski definition) is 0. The lowest BCUT2D eigenvalue weighted by Gasteiger charge is -2.04. The van der Waals surface area contributed by atoms with Crippen molar-refractivity contribution in [2.75, 3.05) is 6.61 Å². The summed E-state index contributed by atoms with van der Waals surface area (Å²) in [7, 11) is 0. The van der Waals surface area contributed by atoms with Gasteiger partial charge in [0.2, 0.25) is 0 Å². The van der Waals surface area contributed by atoms with E-state index in [0.29, 0.717) is 11.6 Å². The lowest BCUT2D eigenvalue weighted by molar-refractivity contribution is -0.144. The molecule has 0 aliphatic carbocycles. The van der Waals surface area contributed by atoms with Crippen molar-refractivity contribution < 1.29 is 9.53 Å². The standard InChI is InChI=1S/C12H14ClNO2/c1-3-16-12(15)9(2)14-8-10-4-6-11(13)7-5-10/h4-9H,3H2,1-2H3/t9-/m0/s1. The van der Waals surface area contributed by atoms with Gasteiger partial charge < -0.3 is 4.74 Å². The molecule has 86 valence electrons. The van der Waals surface area contributed by atoms with Gasteiger partial charge in [-0.1, -0.05) is 23.7 Å².